The number of hydrogen-bond donors (Lipinski definition) is 0. The number of benzene rings is 3. The second kappa shape index (κ2) is 8.15. The van der Waals surface area contributed by atoms with Crippen molar-refractivity contribution in [3.05, 3.63) is 84.9 Å². The Hall–Kier alpha value is -2.36. The summed E-state index contributed by atoms with van der Waals surface area (Å²) in [7, 11) is 1.60. The van der Waals surface area contributed by atoms with E-state index in [1.807, 2.05) is 48.5 Å². The molecular formula is C19H17O4PS. The molecule has 0 aliphatic carbocycles. The van der Waals surface area contributed by atoms with Crippen molar-refractivity contribution in [1.82, 2.24) is 0 Å². The van der Waals surface area contributed by atoms with Crippen molar-refractivity contribution in [1.29, 1.82) is 0 Å². The number of methoxy groups -OCH3 is 1. The summed E-state index contributed by atoms with van der Waals surface area (Å²) in [5, 5.41) is 0. The van der Waals surface area contributed by atoms with Crippen LogP contribution < -0.4 is 13.8 Å². The van der Waals surface area contributed by atoms with Gasteiger partial charge in [0.05, 0.1) is 7.11 Å². The molecule has 0 unspecified atom stereocenters. The van der Waals surface area contributed by atoms with E-state index in [1.165, 1.54) is 0 Å². The van der Waals surface area contributed by atoms with Gasteiger partial charge in [-0.05, 0) is 48.5 Å². The van der Waals surface area contributed by atoms with Gasteiger partial charge in [-0.3, -0.25) is 0 Å². The molecule has 25 heavy (non-hydrogen) atoms. The molecule has 0 fully saturated rings. The summed E-state index contributed by atoms with van der Waals surface area (Å²) in [6.07, 6.45) is 0. The van der Waals surface area contributed by atoms with Crippen LogP contribution in [0.1, 0.15) is 0 Å². The molecule has 4 nitrogen and oxygen atoms in total. The molecule has 0 bridgehead atoms. The Kier molecular flexibility index (Phi) is 5.69. The van der Waals surface area contributed by atoms with E-state index in [1.54, 1.807) is 43.5 Å². The van der Waals surface area contributed by atoms with E-state index in [0.29, 0.717) is 11.5 Å². The van der Waals surface area contributed by atoms with Gasteiger partial charge in [0.2, 0.25) is 0 Å². The average Bonchev–Trinajstić information content (AvgIpc) is 2.64. The van der Waals surface area contributed by atoms with Crippen LogP contribution >= 0.6 is 18.2 Å². The maximum absolute atomic E-state index is 13.4. The molecule has 0 radical (unpaired) electrons. The van der Waals surface area contributed by atoms with E-state index >= 15 is 0 Å². The van der Waals surface area contributed by atoms with Crippen LogP contribution in [0.4, 0.5) is 0 Å². The fourth-order valence-corrected chi connectivity index (χ4v) is 5.31. The van der Waals surface area contributed by atoms with E-state index in [9.17, 15) is 4.57 Å². The lowest BCUT2D eigenvalue weighted by molar-refractivity contribution is 0.408. The van der Waals surface area contributed by atoms with Gasteiger partial charge in [0.15, 0.2) is 0 Å². The zero-order valence-corrected chi connectivity index (χ0v) is 15.3. The number of ether oxygens (including phenoxy) is 1. The first-order valence-corrected chi connectivity index (χ1v) is 10.6. The second-order valence-corrected chi connectivity index (χ2v) is 8.83. The molecule has 3 aromatic carbocycles. The van der Waals surface area contributed by atoms with Crippen molar-refractivity contribution < 1.29 is 18.3 Å². The van der Waals surface area contributed by atoms with Gasteiger partial charge in [0.1, 0.15) is 17.2 Å². The molecule has 128 valence electrons. The molecule has 0 saturated heterocycles. The molecule has 6 heteroatoms. The minimum absolute atomic E-state index is 0.489. The Morgan fingerprint density at radius 2 is 1.16 bits per heavy atom. The minimum atomic E-state index is -3.53. The molecule has 0 saturated carbocycles. The van der Waals surface area contributed by atoms with Gasteiger partial charge in [-0.2, -0.15) is 0 Å². The highest BCUT2D eigenvalue weighted by atomic mass is 32.7. The van der Waals surface area contributed by atoms with Gasteiger partial charge in [-0.25, -0.2) is 4.57 Å². The molecule has 3 aromatic rings. The van der Waals surface area contributed by atoms with E-state index in [4.69, 9.17) is 13.8 Å². The molecule has 0 amide bonds. The fourth-order valence-electron chi connectivity index (χ4n) is 2.04. The quantitative estimate of drug-likeness (QED) is 0.472. The van der Waals surface area contributed by atoms with Crippen molar-refractivity contribution in [2.45, 2.75) is 4.90 Å². The molecule has 0 atom stereocenters. The zero-order valence-electron chi connectivity index (χ0n) is 13.6. The summed E-state index contributed by atoms with van der Waals surface area (Å²) in [5.41, 5.74) is 0. The summed E-state index contributed by atoms with van der Waals surface area (Å²) < 4.78 is 30.0. The van der Waals surface area contributed by atoms with E-state index in [0.717, 1.165) is 22.0 Å². The van der Waals surface area contributed by atoms with Gasteiger partial charge >= 0.3 is 6.80 Å². The summed E-state index contributed by atoms with van der Waals surface area (Å²) in [6.45, 7) is -3.53. The maximum Gasteiger partial charge on any atom is 0.497 e. The largest absolute Gasteiger partial charge is 0.497 e. The third-order valence-corrected chi connectivity index (χ3v) is 6.52. The molecule has 0 aromatic heterocycles. The van der Waals surface area contributed by atoms with Gasteiger partial charge < -0.3 is 13.8 Å². The highest BCUT2D eigenvalue weighted by Crippen LogP contribution is 2.62. The van der Waals surface area contributed by atoms with Crippen LogP contribution in [0.3, 0.4) is 0 Å². The third-order valence-electron chi connectivity index (χ3n) is 3.20. The predicted molar refractivity (Wildman–Crippen MR) is 101 cm³/mol. The lowest BCUT2D eigenvalue weighted by Crippen LogP contribution is -1.98. The Balaban J connectivity index is 1.85. The van der Waals surface area contributed by atoms with E-state index in [2.05, 4.69) is 0 Å². The van der Waals surface area contributed by atoms with Crippen LogP contribution in [0.25, 0.3) is 0 Å². The summed E-state index contributed by atoms with van der Waals surface area (Å²) in [4.78, 5) is 0.760. The van der Waals surface area contributed by atoms with Crippen molar-refractivity contribution in [3.63, 3.8) is 0 Å². The Labute approximate surface area is 151 Å². The molecule has 0 aliphatic heterocycles. The second-order valence-electron chi connectivity index (χ2n) is 5.02. The third kappa shape index (κ3) is 5.05. The Morgan fingerprint density at radius 3 is 1.60 bits per heavy atom. The van der Waals surface area contributed by atoms with Crippen LogP contribution in [0.15, 0.2) is 89.8 Å². The Morgan fingerprint density at radius 1 is 0.680 bits per heavy atom. The molecule has 0 spiro atoms. The maximum atomic E-state index is 13.4. The van der Waals surface area contributed by atoms with Gasteiger partial charge in [-0.15, -0.1) is 0 Å². The van der Waals surface area contributed by atoms with Crippen LogP contribution in [-0.4, -0.2) is 7.11 Å². The van der Waals surface area contributed by atoms with Crippen molar-refractivity contribution >= 4 is 18.2 Å². The topological polar surface area (TPSA) is 44.8 Å². The molecule has 3 rings (SSSR count). The van der Waals surface area contributed by atoms with E-state index < -0.39 is 6.80 Å². The van der Waals surface area contributed by atoms with Crippen LogP contribution in [0.2, 0.25) is 0 Å². The van der Waals surface area contributed by atoms with Gasteiger partial charge in [-0.1, -0.05) is 36.4 Å². The summed E-state index contributed by atoms with van der Waals surface area (Å²) in [5.74, 6) is 1.71. The number of para-hydroxylation sites is 2. The van der Waals surface area contributed by atoms with Crippen molar-refractivity contribution in [3.8, 4) is 17.2 Å². The average molecular weight is 372 g/mol. The fraction of sp³-hybridized carbons (Fsp3) is 0.0526. The smallest absolute Gasteiger partial charge is 0.497 e. The predicted octanol–water partition coefficient (Wildman–Crippen LogP) is 6.05. The molecular weight excluding hydrogens is 355 g/mol. The van der Waals surface area contributed by atoms with Crippen LogP contribution in [-0.2, 0) is 4.57 Å². The first-order valence-electron chi connectivity index (χ1n) is 7.60. The first kappa shape index (κ1) is 17.5. The number of rotatable bonds is 7. The van der Waals surface area contributed by atoms with Crippen LogP contribution in [0, 0.1) is 0 Å². The molecule has 0 N–H and O–H groups in total. The minimum Gasteiger partial charge on any atom is -0.497 e. The molecule has 0 aliphatic rings. The first-order chi connectivity index (χ1) is 12.2. The SMILES string of the molecule is COc1ccc(SP(=O)(Oc2ccccc2)Oc2ccccc2)cc1. The van der Waals surface area contributed by atoms with Crippen molar-refractivity contribution in [2.75, 3.05) is 7.11 Å². The van der Waals surface area contributed by atoms with Gasteiger partial charge in [0, 0.05) is 16.3 Å². The molecule has 0 heterocycles. The normalized spacial score (nSPS) is 10.9. The summed E-state index contributed by atoms with van der Waals surface area (Å²) >= 11 is 1.06. The van der Waals surface area contributed by atoms with E-state index in [-0.39, 0.29) is 0 Å². The highest BCUT2D eigenvalue weighted by molar-refractivity contribution is 8.55. The Bertz CT molecular complexity index is 793. The standard InChI is InChI=1S/C19H17O4PS/c1-21-16-12-14-19(15-13-16)25-24(20,22-17-8-4-2-5-9-17)23-18-10-6-3-7-11-18/h2-15H,1H3. The van der Waals surface area contributed by atoms with Crippen LogP contribution in [0.5, 0.6) is 17.2 Å². The summed E-state index contributed by atoms with van der Waals surface area (Å²) in [6, 6.07) is 25.2. The van der Waals surface area contributed by atoms with Gasteiger partial charge in [0.25, 0.3) is 0 Å². The lowest BCUT2D eigenvalue weighted by atomic mass is 10.3. The zero-order chi connectivity index (χ0) is 17.5. The number of hydrogen-bond acceptors (Lipinski definition) is 5. The highest BCUT2D eigenvalue weighted by Gasteiger charge is 2.30. The lowest BCUT2D eigenvalue weighted by Gasteiger charge is -2.19. The monoisotopic (exact) mass is 372 g/mol. The van der Waals surface area contributed by atoms with Crippen molar-refractivity contribution in [2.24, 2.45) is 0 Å².